The Hall–Kier alpha value is -2.21. The van der Waals surface area contributed by atoms with E-state index >= 15 is 0 Å². The van der Waals surface area contributed by atoms with Crippen LogP contribution in [-0.2, 0) is 15.3 Å². The first kappa shape index (κ1) is 16.6. The van der Waals surface area contributed by atoms with Crippen molar-refractivity contribution in [1.29, 1.82) is 0 Å². The number of amides is 1. The lowest BCUT2D eigenvalue weighted by Crippen LogP contribution is -2.48. The number of aliphatic hydroxyl groups excluding tert-OH is 2. The molecular formula is C13H20N6O5. The normalized spacial score (nSPS) is 32.0. The van der Waals surface area contributed by atoms with Gasteiger partial charge in [0.1, 0.15) is 23.8 Å². The number of hydrogen-bond acceptors (Lipinski definition) is 9. The lowest BCUT2D eigenvalue weighted by Gasteiger charge is -2.30. The van der Waals surface area contributed by atoms with Crippen molar-refractivity contribution in [2.45, 2.75) is 30.6 Å². The molecule has 1 aromatic heterocycles. The fourth-order valence-corrected chi connectivity index (χ4v) is 2.85. The van der Waals surface area contributed by atoms with E-state index in [1.165, 1.54) is 29.9 Å². The fourth-order valence-electron chi connectivity index (χ4n) is 2.85. The Morgan fingerprint density at radius 3 is 2.92 bits per heavy atom. The number of nitrogens with two attached hydrogens (primary N) is 1. The van der Waals surface area contributed by atoms with Crippen LogP contribution < -0.4 is 11.1 Å². The van der Waals surface area contributed by atoms with Crippen LogP contribution in [0.5, 0.6) is 0 Å². The average Bonchev–Trinajstić information content (AvgIpc) is 3.09. The summed E-state index contributed by atoms with van der Waals surface area (Å²) in [6, 6.07) is 0. The quantitative estimate of drug-likeness (QED) is 0.404. The van der Waals surface area contributed by atoms with E-state index in [9.17, 15) is 20.1 Å². The fraction of sp³-hybridized carbons (Fsp3) is 0.615. The van der Waals surface area contributed by atoms with Gasteiger partial charge in [-0.25, -0.2) is 9.98 Å². The van der Waals surface area contributed by atoms with E-state index in [1.54, 1.807) is 0 Å². The maximum Gasteiger partial charge on any atom is 0.287 e. The third-order valence-corrected chi connectivity index (χ3v) is 4.05. The lowest BCUT2D eigenvalue weighted by molar-refractivity contribution is -0.149. The van der Waals surface area contributed by atoms with Gasteiger partial charge in [0.15, 0.2) is 5.96 Å². The molecule has 1 aromatic rings. The number of hydrogen-bond donors (Lipinski definition) is 5. The van der Waals surface area contributed by atoms with Crippen molar-refractivity contribution in [2.75, 3.05) is 26.0 Å². The second-order valence-electron chi connectivity index (χ2n) is 5.96. The van der Waals surface area contributed by atoms with Crippen molar-refractivity contribution in [3.63, 3.8) is 0 Å². The molecule has 0 bridgehead atoms. The number of nitrogens with zero attached hydrogens (tertiary/aromatic N) is 4. The number of carbonyl (C=O) groups excluding carboxylic acids is 1. The van der Waals surface area contributed by atoms with Crippen LogP contribution in [0.25, 0.3) is 0 Å². The first-order valence-electron chi connectivity index (χ1n) is 7.36. The number of fused-ring (bicyclic) bond motifs is 1. The number of aliphatic hydroxyl groups is 3. The molecule has 1 amide bonds. The molecule has 6 N–H and O–H groups in total. The molecule has 11 heteroatoms. The molecule has 4 atom stereocenters. The lowest BCUT2D eigenvalue weighted by atomic mass is 10.1. The number of guanidine groups is 1. The van der Waals surface area contributed by atoms with Crippen molar-refractivity contribution >= 4 is 17.7 Å². The summed E-state index contributed by atoms with van der Waals surface area (Å²) in [5, 5.41) is 32.6. The zero-order chi connectivity index (χ0) is 17.6. The molecule has 0 saturated carbocycles. The molecule has 132 valence electrons. The van der Waals surface area contributed by atoms with E-state index in [1.807, 2.05) is 0 Å². The summed E-state index contributed by atoms with van der Waals surface area (Å²) in [4.78, 5) is 21.4. The van der Waals surface area contributed by atoms with Gasteiger partial charge < -0.3 is 36.0 Å². The number of carbonyl (C=O) groups is 1. The highest BCUT2D eigenvalue weighted by Crippen LogP contribution is 2.38. The zero-order valence-electron chi connectivity index (χ0n) is 13.2. The summed E-state index contributed by atoms with van der Waals surface area (Å²) >= 11 is 0. The Kier molecular flexibility index (Phi) is 3.95. The van der Waals surface area contributed by atoms with Gasteiger partial charge in [-0.15, -0.1) is 0 Å². The Morgan fingerprint density at radius 1 is 1.62 bits per heavy atom. The minimum atomic E-state index is -2.24. The van der Waals surface area contributed by atoms with E-state index in [-0.39, 0.29) is 30.5 Å². The Morgan fingerprint density at radius 2 is 2.33 bits per heavy atom. The molecule has 1 saturated heterocycles. The Labute approximate surface area is 137 Å². The van der Waals surface area contributed by atoms with Gasteiger partial charge in [-0.1, -0.05) is 0 Å². The van der Waals surface area contributed by atoms with E-state index in [2.05, 4.69) is 15.3 Å². The summed E-state index contributed by atoms with van der Waals surface area (Å²) in [5.41, 5.74) is 3.45. The molecular weight excluding hydrogens is 320 g/mol. The maximum absolute atomic E-state index is 12.3. The van der Waals surface area contributed by atoms with Crippen LogP contribution in [0.4, 0.5) is 5.82 Å². The SMILES string of the molecule is CN(C)C(=O)C1(O)N=C(N)Nc2c1ncn2[C@H]1C[C@H](O)[C@@H](CO)O1. The summed E-state index contributed by atoms with van der Waals surface area (Å²) < 4.78 is 7.07. The minimum absolute atomic E-state index is 0.0130. The number of ether oxygens (including phenoxy) is 1. The second kappa shape index (κ2) is 5.70. The third kappa shape index (κ3) is 2.41. The maximum atomic E-state index is 12.3. The molecule has 1 fully saturated rings. The number of imidazole rings is 1. The van der Waals surface area contributed by atoms with Crippen LogP contribution >= 0.6 is 0 Å². The molecule has 0 spiro atoms. The van der Waals surface area contributed by atoms with Gasteiger partial charge in [0, 0.05) is 20.5 Å². The number of anilines is 1. The number of nitrogens with one attached hydrogen (secondary N) is 1. The first-order chi connectivity index (χ1) is 11.3. The van der Waals surface area contributed by atoms with Crippen molar-refractivity contribution in [3.8, 4) is 0 Å². The number of rotatable bonds is 3. The van der Waals surface area contributed by atoms with Crippen molar-refractivity contribution in [1.82, 2.24) is 14.5 Å². The number of likely N-dealkylation sites (N-methyl/N-ethyl adjacent to an activating group) is 1. The predicted molar refractivity (Wildman–Crippen MR) is 81.7 cm³/mol. The van der Waals surface area contributed by atoms with Gasteiger partial charge in [0.2, 0.25) is 0 Å². The predicted octanol–water partition coefficient (Wildman–Crippen LogP) is -2.50. The molecule has 2 aliphatic heterocycles. The zero-order valence-corrected chi connectivity index (χ0v) is 13.2. The van der Waals surface area contributed by atoms with Gasteiger partial charge >= 0.3 is 0 Å². The largest absolute Gasteiger partial charge is 0.394 e. The molecule has 24 heavy (non-hydrogen) atoms. The highest BCUT2D eigenvalue weighted by Gasteiger charge is 2.48. The topological polar surface area (TPSA) is 158 Å². The van der Waals surface area contributed by atoms with Crippen LogP contribution in [-0.4, -0.2) is 74.5 Å². The Balaban J connectivity index is 2.00. The monoisotopic (exact) mass is 340 g/mol. The number of aromatic nitrogens is 2. The minimum Gasteiger partial charge on any atom is -0.394 e. The van der Waals surface area contributed by atoms with Crippen LogP contribution in [0, 0.1) is 0 Å². The van der Waals surface area contributed by atoms with Crippen LogP contribution in [0.3, 0.4) is 0 Å². The second-order valence-corrected chi connectivity index (χ2v) is 5.96. The van der Waals surface area contributed by atoms with Crippen LogP contribution in [0.15, 0.2) is 11.3 Å². The van der Waals surface area contributed by atoms with Gasteiger partial charge in [-0.05, 0) is 0 Å². The van der Waals surface area contributed by atoms with Gasteiger partial charge in [0.05, 0.1) is 19.0 Å². The molecule has 0 aromatic carbocycles. The third-order valence-electron chi connectivity index (χ3n) is 4.05. The molecule has 0 aliphatic carbocycles. The molecule has 2 aliphatic rings. The molecule has 11 nitrogen and oxygen atoms in total. The summed E-state index contributed by atoms with van der Waals surface area (Å²) in [6.45, 7) is -0.325. The van der Waals surface area contributed by atoms with Crippen LogP contribution in [0.1, 0.15) is 18.3 Å². The van der Waals surface area contributed by atoms with Crippen molar-refractivity contribution in [3.05, 3.63) is 12.0 Å². The highest BCUT2D eigenvalue weighted by molar-refractivity contribution is 5.99. The summed E-state index contributed by atoms with van der Waals surface area (Å²) in [5.74, 6) is -0.603. The Bertz CT molecular complexity index is 688. The molecule has 3 rings (SSSR count). The van der Waals surface area contributed by atoms with Gasteiger partial charge in [0.25, 0.3) is 11.6 Å². The molecule has 0 radical (unpaired) electrons. The van der Waals surface area contributed by atoms with E-state index in [0.29, 0.717) is 0 Å². The van der Waals surface area contributed by atoms with Crippen molar-refractivity contribution in [2.24, 2.45) is 10.7 Å². The van der Waals surface area contributed by atoms with Crippen LogP contribution in [0.2, 0.25) is 0 Å². The van der Waals surface area contributed by atoms with E-state index < -0.39 is 30.1 Å². The van der Waals surface area contributed by atoms with Gasteiger partial charge in [-0.2, -0.15) is 0 Å². The van der Waals surface area contributed by atoms with E-state index in [0.717, 1.165) is 0 Å². The van der Waals surface area contributed by atoms with Crippen molar-refractivity contribution < 1.29 is 24.9 Å². The first-order valence-corrected chi connectivity index (χ1v) is 7.36. The molecule has 3 heterocycles. The summed E-state index contributed by atoms with van der Waals surface area (Å²) in [6.07, 6.45) is -0.616. The number of aliphatic imine (C=N–C) groups is 1. The molecule has 1 unspecified atom stereocenters. The van der Waals surface area contributed by atoms with Gasteiger partial charge in [-0.3, -0.25) is 9.36 Å². The smallest absolute Gasteiger partial charge is 0.287 e. The van der Waals surface area contributed by atoms with E-state index in [4.69, 9.17) is 10.5 Å². The highest BCUT2D eigenvalue weighted by atomic mass is 16.5. The standard InChI is InChI=1S/C13H20N6O5/c1-18(2)11(22)13(23)9-10(16-12(14)17-13)19(5-15-9)8-3-6(21)7(4-20)24-8/h5-8,20-21,23H,3-4H2,1-2H3,(H3,14,16,17)/t6-,7+,8+,13?/m0/s1. The average molecular weight is 340 g/mol. The summed E-state index contributed by atoms with van der Waals surface area (Å²) in [7, 11) is 2.96.